The number of fused-ring (bicyclic) bond motifs is 1. The van der Waals surface area contributed by atoms with E-state index in [-0.39, 0.29) is 0 Å². The zero-order valence-corrected chi connectivity index (χ0v) is 8.40. The lowest BCUT2D eigenvalue weighted by Crippen LogP contribution is -2.02. The zero-order chi connectivity index (χ0) is 9.97. The molecule has 0 N–H and O–H groups in total. The molecule has 2 aromatic rings. The first-order chi connectivity index (χ1) is 6.83. The Morgan fingerprint density at radius 1 is 1.50 bits per heavy atom. The molecule has 74 valence electrons. The summed E-state index contributed by atoms with van der Waals surface area (Å²) in [5, 5.41) is 0. The Labute approximate surface area is 82.5 Å². The summed E-state index contributed by atoms with van der Waals surface area (Å²) in [5.41, 5.74) is 1.87. The lowest BCUT2D eigenvalue weighted by Gasteiger charge is -1.99. The van der Waals surface area contributed by atoms with Crippen LogP contribution >= 0.6 is 0 Å². The lowest BCUT2D eigenvalue weighted by atomic mass is 10.4. The van der Waals surface area contributed by atoms with E-state index in [2.05, 4.69) is 9.97 Å². The second-order valence-electron chi connectivity index (χ2n) is 3.18. The molecular weight excluding hydrogens is 178 g/mol. The van der Waals surface area contributed by atoms with Crippen molar-refractivity contribution in [3.8, 4) is 0 Å². The summed E-state index contributed by atoms with van der Waals surface area (Å²) >= 11 is 0. The average molecular weight is 191 g/mol. The van der Waals surface area contributed by atoms with Gasteiger partial charge in [-0.1, -0.05) is 0 Å². The summed E-state index contributed by atoms with van der Waals surface area (Å²) in [6.45, 7) is 0.692. The lowest BCUT2D eigenvalue weighted by molar-refractivity contribution is 0.200. The highest BCUT2D eigenvalue weighted by atomic mass is 16.5. The molecule has 4 nitrogen and oxygen atoms in total. The van der Waals surface area contributed by atoms with Crippen molar-refractivity contribution in [1.82, 2.24) is 14.5 Å². The molecule has 0 spiro atoms. The number of rotatable bonds is 3. The van der Waals surface area contributed by atoms with Gasteiger partial charge in [-0.05, 0) is 12.1 Å². The molecule has 0 saturated carbocycles. The van der Waals surface area contributed by atoms with Crippen LogP contribution in [0.15, 0.2) is 18.3 Å². The van der Waals surface area contributed by atoms with Gasteiger partial charge in [0, 0.05) is 26.8 Å². The van der Waals surface area contributed by atoms with Crippen LogP contribution in [0.25, 0.3) is 11.2 Å². The molecule has 2 aromatic heterocycles. The number of aryl methyl sites for hydroxylation is 1. The van der Waals surface area contributed by atoms with Gasteiger partial charge in [-0.25, -0.2) is 9.97 Å². The summed E-state index contributed by atoms with van der Waals surface area (Å²) in [4.78, 5) is 8.74. The number of methoxy groups -OCH3 is 1. The summed E-state index contributed by atoms with van der Waals surface area (Å²) in [6, 6.07) is 3.87. The van der Waals surface area contributed by atoms with Crippen molar-refractivity contribution in [3.63, 3.8) is 0 Å². The van der Waals surface area contributed by atoms with Gasteiger partial charge in [-0.2, -0.15) is 0 Å². The summed E-state index contributed by atoms with van der Waals surface area (Å²) in [6.07, 6.45) is 2.60. The second kappa shape index (κ2) is 3.75. The third-order valence-electron chi connectivity index (χ3n) is 2.25. The molecular formula is C10H13N3O. The van der Waals surface area contributed by atoms with Crippen LogP contribution in [-0.4, -0.2) is 28.3 Å². The van der Waals surface area contributed by atoms with Gasteiger partial charge in [0.1, 0.15) is 11.3 Å². The smallest absolute Gasteiger partial charge is 0.159 e. The van der Waals surface area contributed by atoms with Crippen LogP contribution in [0.3, 0.4) is 0 Å². The van der Waals surface area contributed by atoms with E-state index in [1.165, 1.54) is 0 Å². The molecule has 0 amide bonds. The Balaban J connectivity index is 2.41. The van der Waals surface area contributed by atoms with Gasteiger partial charge in [-0.15, -0.1) is 0 Å². The number of pyridine rings is 1. The fourth-order valence-corrected chi connectivity index (χ4v) is 1.49. The zero-order valence-electron chi connectivity index (χ0n) is 8.40. The van der Waals surface area contributed by atoms with Crippen molar-refractivity contribution >= 4 is 11.2 Å². The van der Waals surface area contributed by atoms with Gasteiger partial charge in [0.05, 0.1) is 6.61 Å². The summed E-state index contributed by atoms with van der Waals surface area (Å²) in [5.74, 6) is 1.01. The molecule has 0 aliphatic carbocycles. The van der Waals surface area contributed by atoms with Crippen LogP contribution < -0.4 is 0 Å². The van der Waals surface area contributed by atoms with E-state index in [0.717, 1.165) is 23.4 Å². The van der Waals surface area contributed by atoms with Gasteiger partial charge >= 0.3 is 0 Å². The van der Waals surface area contributed by atoms with Gasteiger partial charge in [0.25, 0.3) is 0 Å². The Bertz CT molecular complexity index is 436. The topological polar surface area (TPSA) is 39.9 Å². The molecule has 14 heavy (non-hydrogen) atoms. The largest absolute Gasteiger partial charge is 0.384 e. The van der Waals surface area contributed by atoms with Crippen LogP contribution in [0.4, 0.5) is 0 Å². The number of hydrogen-bond acceptors (Lipinski definition) is 3. The van der Waals surface area contributed by atoms with E-state index in [9.17, 15) is 0 Å². The minimum atomic E-state index is 0.692. The van der Waals surface area contributed by atoms with E-state index in [4.69, 9.17) is 4.74 Å². The number of ether oxygens (including phenoxy) is 1. The van der Waals surface area contributed by atoms with Crippen molar-refractivity contribution in [2.75, 3.05) is 13.7 Å². The Kier molecular flexibility index (Phi) is 2.45. The first-order valence-corrected chi connectivity index (χ1v) is 4.58. The molecule has 0 aliphatic heterocycles. The third kappa shape index (κ3) is 1.48. The molecule has 0 saturated heterocycles. The highest BCUT2D eigenvalue weighted by molar-refractivity contribution is 5.70. The van der Waals surface area contributed by atoms with E-state index < -0.39 is 0 Å². The summed E-state index contributed by atoms with van der Waals surface area (Å²) in [7, 11) is 3.67. The summed E-state index contributed by atoms with van der Waals surface area (Å²) < 4.78 is 7.03. The van der Waals surface area contributed by atoms with E-state index in [0.29, 0.717) is 6.61 Å². The Hall–Kier alpha value is -1.42. The average Bonchev–Trinajstić information content (AvgIpc) is 2.54. The Morgan fingerprint density at radius 3 is 3.07 bits per heavy atom. The highest BCUT2D eigenvalue weighted by Crippen LogP contribution is 2.11. The molecule has 0 bridgehead atoms. The van der Waals surface area contributed by atoms with Crippen molar-refractivity contribution in [3.05, 3.63) is 24.2 Å². The molecule has 2 heterocycles. The Morgan fingerprint density at radius 2 is 2.36 bits per heavy atom. The number of hydrogen-bond donors (Lipinski definition) is 0. The van der Waals surface area contributed by atoms with Gasteiger partial charge < -0.3 is 9.30 Å². The van der Waals surface area contributed by atoms with E-state index >= 15 is 0 Å². The maximum atomic E-state index is 5.02. The molecule has 0 fully saturated rings. The molecule has 0 aromatic carbocycles. The monoisotopic (exact) mass is 191 g/mol. The molecule has 0 aliphatic rings. The fourth-order valence-electron chi connectivity index (χ4n) is 1.49. The second-order valence-corrected chi connectivity index (χ2v) is 3.18. The van der Waals surface area contributed by atoms with Gasteiger partial charge in [-0.3, -0.25) is 0 Å². The van der Waals surface area contributed by atoms with Crippen LogP contribution in [0.2, 0.25) is 0 Å². The molecule has 0 radical (unpaired) electrons. The first kappa shape index (κ1) is 9.15. The normalized spacial score (nSPS) is 11.0. The molecule has 0 atom stereocenters. The third-order valence-corrected chi connectivity index (χ3v) is 2.25. The van der Waals surface area contributed by atoms with Crippen molar-refractivity contribution < 1.29 is 4.74 Å². The molecule has 0 unspecified atom stereocenters. The van der Waals surface area contributed by atoms with Gasteiger partial charge in [0.15, 0.2) is 5.65 Å². The minimum absolute atomic E-state index is 0.692. The van der Waals surface area contributed by atoms with Crippen LogP contribution in [0.1, 0.15) is 5.82 Å². The standard InChI is InChI=1S/C10H13N3O/c1-13-9(5-7-14-2)12-8-4-3-6-11-10(8)13/h3-4,6H,5,7H2,1-2H3. The van der Waals surface area contributed by atoms with Crippen molar-refractivity contribution in [1.29, 1.82) is 0 Å². The van der Waals surface area contributed by atoms with Crippen LogP contribution in [0, 0.1) is 0 Å². The van der Waals surface area contributed by atoms with Gasteiger partial charge in [0.2, 0.25) is 0 Å². The van der Waals surface area contributed by atoms with Crippen LogP contribution in [-0.2, 0) is 18.2 Å². The fraction of sp³-hybridized carbons (Fsp3) is 0.400. The maximum Gasteiger partial charge on any atom is 0.159 e. The number of aromatic nitrogens is 3. The minimum Gasteiger partial charge on any atom is -0.384 e. The molecule has 2 rings (SSSR count). The SMILES string of the molecule is COCCc1nc2cccnc2n1C. The predicted octanol–water partition coefficient (Wildman–Crippen LogP) is 1.16. The highest BCUT2D eigenvalue weighted by Gasteiger charge is 2.06. The number of nitrogens with zero attached hydrogens (tertiary/aromatic N) is 3. The molecule has 4 heteroatoms. The maximum absolute atomic E-state index is 5.02. The quantitative estimate of drug-likeness (QED) is 0.730. The van der Waals surface area contributed by atoms with Crippen molar-refractivity contribution in [2.24, 2.45) is 7.05 Å². The first-order valence-electron chi connectivity index (χ1n) is 4.58. The van der Waals surface area contributed by atoms with Crippen LogP contribution in [0.5, 0.6) is 0 Å². The van der Waals surface area contributed by atoms with E-state index in [1.54, 1.807) is 13.3 Å². The number of imidazole rings is 1. The predicted molar refractivity (Wildman–Crippen MR) is 54.1 cm³/mol. The van der Waals surface area contributed by atoms with Crippen molar-refractivity contribution in [2.45, 2.75) is 6.42 Å². The van der Waals surface area contributed by atoms with E-state index in [1.807, 2.05) is 23.7 Å².